The highest BCUT2D eigenvalue weighted by Gasteiger charge is 2.19. The lowest BCUT2D eigenvalue weighted by Crippen LogP contribution is -2.40. The molecule has 0 heterocycles. The summed E-state index contributed by atoms with van der Waals surface area (Å²) < 4.78 is 96.8. The number of nitrogens with zero attached hydrogens (tertiary/aromatic N) is 1. The van der Waals surface area contributed by atoms with E-state index >= 15 is 0 Å². The zero-order chi connectivity index (χ0) is 36.7. The molecule has 0 aromatic heterocycles. The highest BCUT2D eigenvalue weighted by atomic mass is 32.2. The zero-order valence-corrected chi connectivity index (χ0v) is 27.9. The molecule has 22 heteroatoms. The maximum Gasteiger partial charge on any atom is 0.294 e. The Kier molecular flexibility index (Phi) is 13.0. The first-order valence-corrected chi connectivity index (χ1v) is 18.4. The lowest BCUT2D eigenvalue weighted by molar-refractivity contribution is 0.270. The third kappa shape index (κ3) is 11.3. The van der Waals surface area contributed by atoms with Gasteiger partial charge in [-0.2, -0.15) is 25.3 Å². The van der Waals surface area contributed by atoms with Gasteiger partial charge in [0.05, 0.1) is 14.7 Å². The minimum atomic E-state index is -4.67. The standard InChI is InChI=1S/C27H36N4O15S3/c32-22-10-19(47(38,39)40)7-16(25(22)35)13-28-1-4-31(5-2-29-14-17-8-20(48(41,42)43)11-23(33)26(17)36)6-3-30-15-18-9-21(49(44,45)46)12-24(34)27(18)37/h7-12,28-30,32-37H,1-6,13-15H2,(H,38,39,40)(H,41,42,43)(H,44,45,46). The number of rotatable bonds is 18. The van der Waals surface area contributed by atoms with Crippen LogP contribution in [0.3, 0.4) is 0 Å². The van der Waals surface area contributed by atoms with Gasteiger partial charge in [0.25, 0.3) is 30.4 Å². The fourth-order valence-corrected chi connectivity index (χ4v) is 6.17. The largest absolute Gasteiger partial charge is 0.504 e. The minimum Gasteiger partial charge on any atom is -0.504 e. The molecule has 272 valence electrons. The Morgan fingerprint density at radius 3 is 0.918 bits per heavy atom. The van der Waals surface area contributed by atoms with Crippen molar-refractivity contribution in [1.82, 2.24) is 20.9 Å². The van der Waals surface area contributed by atoms with E-state index in [9.17, 15) is 69.6 Å². The summed E-state index contributed by atoms with van der Waals surface area (Å²) in [6.07, 6.45) is 0. The molecule has 0 radical (unpaired) electrons. The van der Waals surface area contributed by atoms with E-state index in [-0.39, 0.29) is 56.0 Å². The van der Waals surface area contributed by atoms with Crippen molar-refractivity contribution in [2.45, 2.75) is 34.3 Å². The Morgan fingerprint density at radius 2 is 0.694 bits per heavy atom. The Balaban J connectivity index is 1.65. The number of phenols is 6. The summed E-state index contributed by atoms with van der Waals surface area (Å²) in [6, 6.07) is 5.02. The topological polar surface area (TPSA) is 324 Å². The van der Waals surface area contributed by atoms with Gasteiger partial charge < -0.3 is 46.6 Å². The second-order valence-electron chi connectivity index (χ2n) is 10.6. The summed E-state index contributed by atoms with van der Waals surface area (Å²) in [5.41, 5.74) is -0.0615. The summed E-state index contributed by atoms with van der Waals surface area (Å²) in [5.74, 6) is -4.05. The third-order valence-electron chi connectivity index (χ3n) is 7.08. The van der Waals surface area contributed by atoms with Crippen LogP contribution in [0.25, 0.3) is 0 Å². The van der Waals surface area contributed by atoms with Gasteiger partial charge in [0.15, 0.2) is 34.5 Å². The first kappa shape index (κ1) is 39.5. The zero-order valence-electron chi connectivity index (χ0n) is 25.5. The monoisotopic (exact) mass is 752 g/mol. The lowest BCUT2D eigenvalue weighted by atomic mass is 10.2. The molecule has 3 aromatic rings. The fraction of sp³-hybridized carbons (Fsp3) is 0.333. The third-order valence-corrected chi connectivity index (χ3v) is 9.58. The number of phenolic OH excluding ortho intramolecular Hbond substituents is 6. The van der Waals surface area contributed by atoms with Crippen molar-refractivity contribution in [2.75, 3.05) is 39.3 Å². The first-order chi connectivity index (χ1) is 22.7. The number of hydrogen-bond donors (Lipinski definition) is 12. The van der Waals surface area contributed by atoms with E-state index in [4.69, 9.17) is 0 Å². The molecule has 0 saturated heterocycles. The van der Waals surface area contributed by atoms with E-state index in [2.05, 4.69) is 16.0 Å². The molecule has 12 N–H and O–H groups in total. The van der Waals surface area contributed by atoms with Crippen LogP contribution < -0.4 is 16.0 Å². The smallest absolute Gasteiger partial charge is 0.294 e. The van der Waals surface area contributed by atoms with Crippen LogP contribution in [0.1, 0.15) is 16.7 Å². The van der Waals surface area contributed by atoms with E-state index < -0.39 is 79.5 Å². The van der Waals surface area contributed by atoms with Crippen LogP contribution >= 0.6 is 0 Å². The van der Waals surface area contributed by atoms with Crippen molar-refractivity contribution < 1.29 is 69.6 Å². The van der Waals surface area contributed by atoms with Crippen LogP contribution in [-0.4, -0.2) is 114 Å². The predicted octanol–water partition coefficient (Wildman–Crippen LogP) is -0.368. The van der Waals surface area contributed by atoms with E-state index in [0.29, 0.717) is 37.8 Å². The lowest BCUT2D eigenvalue weighted by Gasteiger charge is -2.23. The maximum atomic E-state index is 11.5. The van der Waals surface area contributed by atoms with Crippen LogP contribution in [0.5, 0.6) is 34.5 Å². The van der Waals surface area contributed by atoms with Gasteiger partial charge in [-0.1, -0.05) is 0 Å². The number of nitrogens with one attached hydrogen (secondary N) is 3. The molecule has 19 nitrogen and oxygen atoms in total. The van der Waals surface area contributed by atoms with Gasteiger partial charge in [0.1, 0.15) is 0 Å². The predicted molar refractivity (Wildman–Crippen MR) is 170 cm³/mol. The average Bonchev–Trinajstić information content (AvgIpc) is 2.99. The molecule has 0 bridgehead atoms. The molecule has 0 unspecified atom stereocenters. The van der Waals surface area contributed by atoms with E-state index in [1.165, 1.54) is 0 Å². The Bertz CT molecular complexity index is 1760. The van der Waals surface area contributed by atoms with E-state index in [0.717, 1.165) is 18.2 Å². The molecule has 3 aromatic carbocycles. The minimum absolute atomic E-state index is 0.0205. The van der Waals surface area contributed by atoms with Gasteiger partial charge in [0.2, 0.25) is 0 Å². The molecule has 0 saturated carbocycles. The quantitative estimate of drug-likeness (QED) is 0.0448. The van der Waals surface area contributed by atoms with Crippen LogP contribution in [-0.2, 0) is 50.0 Å². The number of benzene rings is 3. The molecular formula is C27H36N4O15S3. The van der Waals surface area contributed by atoms with E-state index in [1.54, 1.807) is 0 Å². The second kappa shape index (κ2) is 16.2. The van der Waals surface area contributed by atoms with Crippen LogP contribution in [0, 0.1) is 0 Å². The highest BCUT2D eigenvalue weighted by molar-refractivity contribution is 7.86. The molecule has 0 aliphatic carbocycles. The molecule has 0 aliphatic heterocycles. The first-order valence-electron chi connectivity index (χ1n) is 14.1. The maximum absolute atomic E-state index is 11.5. The summed E-state index contributed by atoms with van der Waals surface area (Å²) >= 11 is 0. The van der Waals surface area contributed by atoms with Crippen LogP contribution in [0.15, 0.2) is 51.1 Å². The summed E-state index contributed by atoms with van der Waals surface area (Å²) in [6.45, 7) is 1.26. The normalized spacial score (nSPS) is 12.5. The molecule has 0 atom stereocenters. The molecule has 0 fully saturated rings. The Hall–Kier alpha value is -3.97. The molecular weight excluding hydrogens is 717 g/mol. The SMILES string of the molecule is O=S(=O)(O)c1cc(O)c(O)c(CNCCN(CCNCc2cc(S(=O)(=O)O)cc(O)c2O)CCNCc2cc(S(=O)(=O)O)cc(O)c2O)c1. The Labute approximate surface area is 281 Å². The molecule has 0 aliphatic rings. The van der Waals surface area contributed by atoms with Crippen molar-refractivity contribution in [3.8, 4) is 34.5 Å². The Morgan fingerprint density at radius 1 is 0.449 bits per heavy atom. The molecule has 49 heavy (non-hydrogen) atoms. The molecule has 0 spiro atoms. The van der Waals surface area contributed by atoms with Crippen molar-refractivity contribution in [1.29, 1.82) is 0 Å². The molecule has 3 rings (SSSR count). The number of aromatic hydroxyl groups is 6. The van der Waals surface area contributed by atoms with Crippen molar-refractivity contribution in [3.05, 3.63) is 53.1 Å². The van der Waals surface area contributed by atoms with Crippen molar-refractivity contribution in [3.63, 3.8) is 0 Å². The van der Waals surface area contributed by atoms with Crippen LogP contribution in [0.2, 0.25) is 0 Å². The average molecular weight is 753 g/mol. The van der Waals surface area contributed by atoms with Gasteiger partial charge in [-0.3, -0.25) is 18.6 Å². The van der Waals surface area contributed by atoms with Gasteiger partial charge >= 0.3 is 0 Å². The van der Waals surface area contributed by atoms with Gasteiger partial charge in [-0.25, -0.2) is 0 Å². The van der Waals surface area contributed by atoms with Crippen LogP contribution in [0.4, 0.5) is 0 Å². The van der Waals surface area contributed by atoms with Gasteiger partial charge in [0, 0.05) is 93.8 Å². The van der Waals surface area contributed by atoms with E-state index in [1.807, 2.05) is 4.90 Å². The summed E-state index contributed by atoms with van der Waals surface area (Å²) in [4.78, 5) is 0.000538. The highest BCUT2D eigenvalue weighted by Crippen LogP contribution is 2.34. The van der Waals surface area contributed by atoms with Gasteiger partial charge in [-0.15, -0.1) is 0 Å². The number of hydrogen-bond acceptors (Lipinski definition) is 16. The molecule has 0 amide bonds. The summed E-state index contributed by atoms with van der Waals surface area (Å²) in [7, 11) is -14.0. The van der Waals surface area contributed by atoms with Gasteiger partial charge in [-0.05, 0) is 18.2 Å². The van der Waals surface area contributed by atoms with Crippen molar-refractivity contribution in [2.24, 2.45) is 0 Å². The summed E-state index contributed by atoms with van der Waals surface area (Å²) in [5, 5.41) is 68.8. The fourth-order valence-electron chi connectivity index (χ4n) is 4.52. The second-order valence-corrected chi connectivity index (χ2v) is 14.9. The van der Waals surface area contributed by atoms with Crippen molar-refractivity contribution >= 4 is 30.4 Å².